The van der Waals surface area contributed by atoms with Crippen LogP contribution in [0.15, 0.2) is 48.5 Å². The van der Waals surface area contributed by atoms with Crippen LogP contribution in [0.5, 0.6) is 0 Å². The highest BCUT2D eigenvalue weighted by Crippen LogP contribution is 2.28. The number of fused-ring (bicyclic) bond motifs is 2. The van der Waals surface area contributed by atoms with Gasteiger partial charge in [-0.05, 0) is 68.1 Å². The minimum Gasteiger partial charge on any atom is -0.356 e. The van der Waals surface area contributed by atoms with Crippen molar-refractivity contribution in [1.82, 2.24) is 0 Å². The number of hydrogen-bond acceptors (Lipinski definition) is 1. The van der Waals surface area contributed by atoms with Crippen LogP contribution in [0, 0.1) is 0 Å². The second-order valence-corrected chi connectivity index (χ2v) is 11.3. The van der Waals surface area contributed by atoms with Crippen molar-refractivity contribution in [2.24, 2.45) is 0 Å². The molecule has 0 saturated heterocycles. The molecule has 0 aliphatic heterocycles. The fourth-order valence-corrected chi connectivity index (χ4v) is 6.04. The van der Waals surface area contributed by atoms with Crippen LogP contribution in [0.25, 0.3) is 43.8 Å². The van der Waals surface area contributed by atoms with Crippen LogP contribution in [-0.2, 0) is 0 Å². The number of benzene rings is 6. The molecule has 0 aromatic heterocycles. The molecule has 0 saturated carbocycles. The van der Waals surface area contributed by atoms with Crippen molar-refractivity contribution >= 4 is 219 Å². The van der Waals surface area contributed by atoms with E-state index in [1.54, 1.807) is 0 Å². The molecule has 0 atom stereocenters. The first-order valence-electron chi connectivity index (χ1n) is 14.2. The fourth-order valence-electron chi connectivity index (χ4n) is 6.04. The van der Waals surface area contributed by atoms with Crippen molar-refractivity contribution in [2.45, 2.75) is 0 Å². The van der Waals surface area contributed by atoms with Gasteiger partial charge in [-0.1, -0.05) is 68.0 Å². The summed E-state index contributed by atoms with van der Waals surface area (Å²) >= 11 is 0. The zero-order chi connectivity index (χ0) is 34.2. The summed E-state index contributed by atoms with van der Waals surface area (Å²) in [4.78, 5) is 0. The van der Waals surface area contributed by atoms with Crippen molar-refractivity contribution in [3.05, 3.63) is 48.5 Å². The Labute approximate surface area is 294 Å². The molecule has 1 nitrogen and oxygen atoms in total. The minimum absolute atomic E-state index is 0.125. The van der Waals surface area contributed by atoms with Gasteiger partial charge in [-0.15, -0.1) is 32.8 Å². The molecule has 15 heteroatoms. The van der Waals surface area contributed by atoms with E-state index < -0.39 is 0 Å². The highest BCUT2D eigenvalue weighted by Gasteiger charge is 2.20. The normalized spacial score (nSPS) is 11.3. The third-order valence-corrected chi connectivity index (χ3v) is 8.69. The van der Waals surface area contributed by atoms with E-state index in [9.17, 15) is 0 Å². The summed E-state index contributed by atoms with van der Waals surface area (Å²) in [5.74, 6) is 0. The highest BCUT2D eigenvalue weighted by atomic mass is 14.9. The van der Waals surface area contributed by atoms with Crippen molar-refractivity contribution < 1.29 is 0 Å². The monoisotopic (exact) mass is 561 g/mol. The Hall–Kier alpha value is -3.45. The second-order valence-electron chi connectivity index (χ2n) is 11.3. The van der Waals surface area contributed by atoms with Gasteiger partial charge in [0.25, 0.3) is 0 Å². The Kier molecular flexibility index (Phi) is 8.69. The van der Waals surface area contributed by atoms with Crippen LogP contribution < -0.4 is 81.8 Å². The minimum atomic E-state index is 0.125. The molecule has 28 radical (unpaired) electrons. The lowest BCUT2D eigenvalue weighted by Gasteiger charge is -2.25. The zero-order valence-corrected chi connectivity index (χ0v) is 25.2. The van der Waals surface area contributed by atoms with Crippen LogP contribution >= 0.6 is 0 Å². The molecule has 0 heterocycles. The molecule has 0 bridgehead atoms. The van der Waals surface area contributed by atoms with Gasteiger partial charge in [-0.3, -0.25) is 0 Å². The van der Waals surface area contributed by atoms with Crippen LogP contribution in [0.2, 0.25) is 0 Å². The summed E-state index contributed by atoms with van der Waals surface area (Å²) in [6, 6.07) is 14.9. The molecule has 6 rings (SSSR count). The quantitative estimate of drug-likeness (QED) is 0.212. The lowest BCUT2D eigenvalue weighted by molar-refractivity contribution is 1.55. The highest BCUT2D eigenvalue weighted by molar-refractivity contribution is 6.73. The molecule has 1 N–H and O–H groups in total. The van der Waals surface area contributed by atoms with Gasteiger partial charge in [0.2, 0.25) is 0 Å². The van der Waals surface area contributed by atoms with Gasteiger partial charge < -0.3 is 5.32 Å². The molecule has 0 aliphatic carbocycles. The van der Waals surface area contributed by atoms with Crippen LogP contribution in [-0.4, -0.2) is 110 Å². The third kappa shape index (κ3) is 5.15. The van der Waals surface area contributed by atoms with Gasteiger partial charge in [0.05, 0.1) is 0 Å². The first-order valence-corrected chi connectivity index (χ1v) is 14.2. The Morgan fingerprint density at radius 1 is 0.255 bits per heavy atom. The van der Waals surface area contributed by atoms with Gasteiger partial charge >= 0.3 is 0 Å². The van der Waals surface area contributed by atoms with E-state index in [4.69, 9.17) is 110 Å². The Morgan fingerprint density at radius 3 is 0.766 bits per heavy atom. The Bertz CT molecular complexity index is 2120. The van der Waals surface area contributed by atoms with E-state index in [2.05, 4.69) is 5.32 Å². The van der Waals surface area contributed by atoms with E-state index >= 15 is 0 Å². The van der Waals surface area contributed by atoms with E-state index in [1.165, 1.54) is 0 Å². The average Bonchev–Trinajstić information content (AvgIpc) is 3.06. The Balaban J connectivity index is 1.38. The summed E-state index contributed by atoms with van der Waals surface area (Å²) in [5.41, 5.74) is 6.45. The van der Waals surface area contributed by atoms with Crippen molar-refractivity contribution in [3.8, 4) is 22.3 Å². The average molecular weight is 559 g/mol. The van der Waals surface area contributed by atoms with Crippen LogP contribution in [0.1, 0.15) is 0 Å². The van der Waals surface area contributed by atoms with Crippen LogP contribution in [0.3, 0.4) is 0 Å². The summed E-state index contributed by atoms with van der Waals surface area (Å²) < 4.78 is 0. The first-order chi connectivity index (χ1) is 22.2. The van der Waals surface area contributed by atoms with Crippen molar-refractivity contribution in [3.63, 3.8) is 0 Å². The molecule has 0 aliphatic rings. The lowest BCUT2D eigenvalue weighted by atomic mass is 9.59. The number of anilines is 2. The predicted octanol–water partition coefficient (Wildman–Crippen LogP) is -7.82. The van der Waals surface area contributed by atoms with E-state index in [-0.39, 0.29) is 76.5 Å². The molecule has 0 amide bonds. The number of hydrogen-bond donors (Lipinski definition) is 1. The van der Waals surface area contributed by atoms with Gasteiger partial charge in [0.1, 0.15) is 110 Å². The third-order valence-electron chi connectivity index (χ3n) is 8.69. The van der Waals surface area contributed by atoms with Gasteiger partial charge in [0, 0.05) is 11.4 Å². The predicted molar refractivity (Wildman–Crippen MR) is 217 cm³/mol. The number of rotatable bonds is 4. The van der Waals surface area contributed by atoms with Crippen molar-refractivity contribution in [2.75, 3.05) is 5.32 Å². The lowest BCUT2D eigenvalue weighted by Crippen LogP contribution is -2.52. The molecule has 6 aromatic carbocycles. The van der Waals surface area contributed by atoms with Crippen LogP contribution in [0.4, 0.5) is 11.4 Å². The standard InChI is InChI=1S/C32H9B14N/c33-19-13(15-17(23(37)27(19)41)25(39)31(45)29(43)21(15)35)9-1-5-11(6-2-9)47-12-7-3-10(4-8-12)14-16-18(24(38)28(42)20(14)34)26(40)32(46)30(44)22(16)36/h1-8,47H. The summed E-state index contributed by atoms with van der Waals surface area (Å²) in [6.45, 7) is 0. The van der Waals surface area contributed by atoms with E-state index in [0.29, 0.717) is 43.8 Å². The van der Waals surface area contributed by atoms with E-state index in [1.807, 2.05) is 48.5 Å². The Morgan fingerprint density at radius 2 is 0.489 bits per heavy atom. The summed E-state index contributed by atoms with van der Waals surface area (Å²) in [5, 5.41) is 5.09. The molecule has 0 unspecified atom stereocenters. The smallest absolute Gasteiger partial charge is 0.113 e. The van der Waals surface area contributed by atoms with Crippen molar-refractivity contribution in [1.29, 1.82) is 0 Å². The SMILES string of the molecule is [B]c1c([B])c([B])c2c(-c3ccc(Nc4ccc(-c5c([B])c([B])c([B])c6c([B])c([B])c([B])c([B])c56)cc4)cc3)c([B])c([B])c([B])c2c1[B]. The molecular weight excluding hydrogens is 550 g/mol. The maximum absolute atomic E-state index is 6.47. The largest absolute Gasteiger partial charge is 0.356 e. The first kappa shape index (κ1) is 33.5. The summed E-state index contributed by atoms with van der Waals surface area (Å²) in [6.07, 6.45) is 0. The maximum Gasteiger partial charge on any atom is 0.113 e. The molecular formula is C32H9B14N. The number of nitrogens with one attached hydrogen (secondary N) is 1. The topological polar surface area (TPSA) is 12.0 Å². The molecule has 47 heavy (non-hydrogen) atoms. The molecule has 0 fully saturated rings. The zero-order valence-electron chi connectivity index (χ0n) is 25.2. The second kappa shape index (κ2) is 12.2. The van der Waals surface area contributed by atoms with E-state index in [0.717, 1.165) is 11.4 Å². The fraction of sp³-hybridized carbons (Fsp3) is 0. The maximum atomic E-state index is 6.47. The molecule has 184 valence electrons. The summed E-state index contributed by atoms with van der Waals surface area (Å²) in [7, 11) is 88.1. The molecule has 6 aromatic rings. The molecule has 0 spiro atoms. The van der Waals surface area contributed by atoms with Gasteiger partial charge in [0.15, 0.2) is 0 Å². The van der Waals surface area contributed by atoms with Gasteiger partial charge in [-0.2, -0.15) is 0 Å². The van der Waals surface area contributed by atoms with Gasteiger partial charge in [-0.25, -0.2) is 0 Å².